The molecule has 0 saturated carbocycles. The standard InChI is InChI=1S/C31H26ClNO4.C30H24ClNO4/c32-26-12-6-4-11-25(26)27-18-19-28(31(35)36)33(27)30(34)23-16-14-22(15-17-23)24-10-5-7-13-29(24)37-20-21-8-2-1-3-9-21;31-25-12-6-4-11-24(25)26-18-19-27(30(34)35)32(26)29(33)21-16-14-20(15-17-21)23-10-5-7-13-28(23)36-22-8-2-1-3-9-22/h1-17,27-28H,18-20H2,(H,35,36);1-17,26-27H,18-19H2,(H,34,35)/t27-,28+;26-,27+/m11/s1. The van der Waals surface area contributed by atoms with E-state index in [0.717, 1.165) is 50.4 Å². The van der Waals surface area contributed by atoms with Gasteiger partial charge >= 0.3 is 11.9 Å². The number of carbonyl (C=O) groups excluding carboxylic acids is 2. The van der Waals surface area contributed by atoms with Crippen LogP contribution >= 0.6 is 23.2 Å². The van der Waals surface area contributed by atoms with Gasteiger partial charge in [0.15, 0.2) is 0 Å². The van der Waals surface area contributed by atoms with E-state index in [1.165, 1.54) is 9.80 Å². The van der Waals surface area contributed by atoms with Crippen LogP contribution in [0.2, 0.25) is 10.0 Å². The fraction of sp³-hybridized carbons (Fsp3) is 0.148. The van der Waals surface area contributed by atoms with Crippen molar-refractivity contribution in [1.29, 1.82) is 0 Å². The van der Waals surface area contributed by atoms with E-state index in [0.29, 0.717) is 59.2 Å². The fourth-order valence-corrected chi connectivity index (χ4v) is 10.2. The molecular weight excluding hydrogens is 960 g/mol. The molecule has 0 bridgehead atoms. The SMILES string of the molecule is O=C(O)[C@@H]1CC[C@H](c2ccccc2Cl)N1C(=O)c1ccc(-c2ccccc2OCc2ccccc2)cc1.O=C(O)[C@@H]1CC[C@H](c2ccccc2Cl)N1C(=O)c1ccc(-c2ccccc2Oc2ccccc2)cc1. The molecule has 2 heterocycles. The molecule has 366 valence electrons. The number of rotatable bonds is 13. The zero-order valence-electron chi connectivity index (χ0n) is 39.5. The first kappa shape index (κ1) is 49.8. The summed E-state index contributed by atoms with van der Waals surface area (Å²) in [5.41, 5.74) is 7.04. The first-order valence-electron chi connectivity index (χ1n) is 23.9. The molecule has 2 aliphatic heterocycles. The predicted octanol–water partition coefficient (Wildman–Crippen LogP) is 14.2. The summed E-state index contributed by atoms with van der Waals surface area (Å²) in [6.45, 7) is 0.448. The molecular formula is C61H50Cl2N2O8. The van der Waals surface area contributed by atoms with Gasteiger partial charge in [-0.1, -0.05) is 169 Å². The summed E-state index contributed by atoms with van der Waals surface area (Å²) in [6.07, 6.45) is 1.83. The molecule has 2 saturated heterocycles. The quantitative estimate of drug-likeness (QED) is 0.117. The average molecular weight is 1010 g/mol. The summed E-state index contributed by atoms with van der Waals surface area (Å²) in [5.74, 6) is -0.497. The van der Waals surface area contributed by atoms with Gasteiger partial charge in [-0.2, -0.15) is 0 Å². The van der Waals surface area contributed by atoms with Crippen LogP contribution in [0.15, 0.2) is 206 Å². The number of nitrogens with zero attached hydrogens (tertiary/aromatic N) is 2. The van der Waals surface area contributed by atoms with Crippen LogP contribution in [0, 0.1) is 0 Å². The number of benzene rings is 8. The Morgan fingerprint density at radius 1 is 0.452 bits per heavy atom. The van der Waals surface area contributed by atoms with Crippen LogP contribution in [0.4, 0.5) is 0 Å². The molecule has 2 amide bonds. The zero-order chi connectivity index (χ0) is 50.8. The Hall–Kier alpha value is -8.18. The van der Waals surface area contributed by atoms with E-state index in [4.69, 9.17) is 32.7 Å². The van der Waals surface area contributed by atoms with Crippen molar-refractivity contribution in [2.45, 2.75) is 56.5 Å². The van der Waals surface area contributed by atoms with Crippen molar-refractivity contribution in [3.05, 3.63) is 244 Å². The lowest BCUT2D eigenvalue weighted by atomic mass is 10.0. The number of amides is 2. The summed E-state index contributed by atoms with van der Waals surface area (Å²) in [7, 11) is 0. The topological polar surface area (TPSA) is 134 Å². The number of carboxylic acids is 2. The monoisotopic (exact) mass is 1010 g/mol. The van der Waals surface area contributed by atoms with Gasteiger partial charge in [-0.05, 0) is 114 Å². The van der Waals surface area contributed by atoms with Gasteiger partial charge in [-0.3, -0.25) is 9.59 Å². The van der Waals surface area contributed by atoms with Crippen molar-refractivity contribution in [3.63, 3.8) is 0 Å². The summed E-state index contributed by atoms with van der Waals surface area (Å²) in [5, 5.41) is 20.7. The van der Waals surface area contributed by atoms with E-state index in [1.807, 2.05) is 170 Å². The van der Waals surface area contributed by atoms with Gasteiger partial charge in [0.05, 0.1) is 12.1 Å². The molecule has 73 heavy (non-hydrogen) atoms. The Morgan fingerprint density at radius 3 is 1.32 bits per heavy atom. The summed E-state index contributed by atoms with van der Waals surface area (Å²) < 4.78 is 12.2. The second-order valence-electron chi connectivity index (χ2n) is 17.7. The summed E-state index contributed by atoms with van der Waals surface area (Å²) >= 11 is 12.8. The number of halogens is 2. The highest BCUT2D eigenvalue weighted by Gasteiger charge is 2.44. The first-order valence-corrected chi connectivity index (χ1v) is 24.7. The van der Waals surface area contributed by atoms with Crippen LogP contribution in [0.5, 0.6) is 17.2 Å². The van der Waals surface area contributed by atoms with Gasteiger partial charge in [0.1, 0.15) is 35.9 Å². The number of hydrogen-bond donors (Lipinski definition) is 2. The van der Waals surface area contributed by atoms with Gasteiger partial charge in [0, 0.05) is 32.3 Å². The normalized spacial score (nSPS) is 17.0. The lowest BCUT2D eigenvalue weighted by Crippen LogP contribution is -2.41. The van der Waals surface area contributed by atoms with Crippen LogP contribution < -0.4 is 9.47 Å². The number of carbonyl (C=O) groups is 4. The third kappa shape index (κ3) is 11.3. The summed E-state index contributed by atoms with van der Waals surface area (Å²) in [6, 6.07) is 61.4. The van der Waals surface area contributed by atoms with E-state index in [9.17, 15) is 29.4 Å². The molecule has 10 rings (SSSR count). The maximum Gasteiger partial charge on any atom is 0.326 e. The molecule has 2 fully saturated rings. The number of hydrogen-bond acceptors (Lipinski definition) is 6. The minimum absolute atomic E-state index is 0.324. The molecule has 0 aromatic heterocycles. The van der Waals surface area contributed by atoms with Gasteiger partial charge in [-0.25, -0.2) is 9.59 Å². The highest BCUT2D eigenvalue weighted by molar-refractivity contribution is 6.31. The minimum atomic E-state index is -1.01. The Morgan fingerprint density at radius 2 is 0.849 bits per heavy atom. The van der Waals surface area contributed by atoms with Crippen molar-refractivity contribution in [3.8, 4) is 39.5 Å². The van der Waals surface area contributed by atoms with E-state index in [-0.39, 0.29) is 11.8 Å². The van der Waals surface area contributed by atoms with Crippen LogP contribution in [-0.4, -0.2) is 55.8 Å². The minimum Gasteiger partial charge on any atom is -0.488 e. The maximum atomic E-state index is 13.6. The Balaban J connectivity index is 0.000000180. The van der Waals surface area contributed by atoms with Gasteiger partial charge < -0.3 is 29.5 Å². The number of para-hydroxylation sites is 3. The van der Waals surface area contributed by atoms with Crippen LogP contribution in [0.1, 0.15) is 75.2 Å². The molecule has 10 nitrogen and oxygen atoms in total. The Labute approximate surface area is 433 Å². The molecule has 4 atom stereocenters. The van der Waals surface area contributed by atoms with Gasteiger partial charge in [0.25, 0.3) is 11.8 Å². The van der Waals surface area contributed by atoms with Crippen molar-refractivity contribution in [1.82, 2.24) is 9.80 Å². The molecule has 8 aromatic carbocycles. The molecule has 0 spiro atoms. The first-order chi connectivity index (χ1) is 35.5. The van der Waals surface area contributed by atoms with Gasteiger partial charge in [-0.15, -0.1) is 0 Å². The lowest BCUT2D eigenvalue weighted by Gasteiger charge is -2.29. The Kier molecular flexibility index (Phi) is 15.6. The molecule has 2 aliphatic rings. The largest absolute Gasteiger partial charge is 0.488 e. The molecule has 0 unspecified atom stereocenters. The van der Waals surface area contributed by atoms with Crippen molar-refractivity contribution < 1.29 is 38.9 Å². The average Bonchev–Trinajstić information content (AvgIpc) is 4.08. The highest BCUT2D eigenvalue weighted by atomic mass is 35.5. The van der Waals surface area contributed by atoms with E-state index < -0.39 is 36.1 Å². The number of ether oxygens (including phenoxy) is 2. The van der Waals surface area contributed by atoms with E-state index >= 15 is 0 Å². The number of aliphatic carboxylic acids is 2. The molecule has 2 N–H and O–H groups in total. The van der Waals surface area contributed by atoms with Crippen molar-refractivity contribution >= 4 is 47.0 Å². The number of likely N-dealkylation sites (tertiary alicyclic amines) is 2. The smallest absolute Gasteiger partial charge is 0.326 e. The van der Waals surface area contributed by atoms with Crippen molar-refractivity contribution in [2.75, 3.05) is 0 Å². The maximum absolute atomic E-state index is 13.6. The van der Waals surface area contributed by atoms with Crippen LogP contribution in [-0.2, 0) is 16.2 Å². The second-order valence-corrected chi connectivity index (χ2v) is 18.5. The van der Waals surface area contributed by atoms with Crippen molar-refractivity contribution in [2.24, 2.45) is 0 Å². The van der Waals surface area contributed by atoms with Crippen LogP contribution in [0.3, 0.4) is 0 Å². The zero-order valence-corrected chi connectivity index (χ0v) is 41.0. The molecule has 12 heteroatoms. The predicted molar refractivity (Wildman–Crippen MR) is 283 cm³/mol. The fourth-order valence-electron chi connectivity index (χ4n) is 9.63. The van der Waals surface area contributed by atoms with E-state index in [1.54, 1.807) is 36.4 Å². The second kappa shape index (κ2) is 22.9. The highest BCUT2D eigenvalue weighted by Crippen LogP contribution is 2.42. The lowest BCUT2D eigenvalue weighted by molar-refractivity contribution is -0.142. The third-order valence-electron chi connectivity index (χ3n) is 13.2. The molecule has 0 aliphatic carbocycles. The Bertz CT molecular complexity index is 3230. The van der Waals surface area contributed by atoms with Gasteiger partial charge in [0.2, 0.25) is 0 Å². The third-order valence-corrected chi connectivity index (χ3v) is 13.9. The molecule has 0 radical (unpaired) electrons. The van der Waals surface area contributed by atoms with Crippen LogP contribution in [0.25, 0.3) is 22.3 Å². The summed E-state index contributed by atoms with van der Waals surface area (Å²) in [4.78, 5) is 54.2. The number of carboxylic acid groups (broad SMARTS) is 2. The van der Waals surface area contributed by atoms with E-state index in [2.05, 4.69) is 0 Å². The molecule has 8 aromatic rings.